The first-order valence-electron chi connectivity index (χ1n) is 19.0. The summed E-state index contributed by atoms with van der Waals surface area (Å²) < 4.78 is 33.7. The van der Waals surface area contributed by atoms with Gasteiger partial charge in [-0.15, -0.1) is 0 Å². The molecule has 3 aromatic carbocycles. The Bertz CT molecular complexity index is 1690. The number of esters is 1. The van der Waals surface area contributed by atoms with Gasteiger partial charge in [0.1, 0.15) is 17.9 Å². The molecule has 0 saturated carbocycles. The van der Waals surface area contributed by atoms with E-state index in [1.807, 2.05) is 44.2 Å². The highest BCUT2D eigenvalue weighted by molar-refractivity contribution is 5.89. The van der Waals surface area contributed by atoms with Crippen molar-refractivity contribution >= 4 is 17.8 Å². The van der Waals surface area contributed by atoms with Crippen molar-refractivity contribution in [2.24, 2.45) is 0 Å². The second-order valence-electron chi connectivity index (χ2n) is 13.8. The van der Waals surface area contributed by atoms with Crippen LogP contribution in [0.25, 0.3) is 0 Å². The predicted molar refractivity (Wildman–Crippen MR) is 207 cm³/mol. The van der Waals surface area contributed by atoms with Crippen LogP contribution in [0.5, 0.6) is 17.2 Å². The summed E-state index contributed by atoms with van der Waals surface area (Å²) in [4.78, 5) is 42.7. The molecule has 4 rings (SSSR count). The van der Waals surface area contributed by atoms with E-state index in [-0.39, 0.29) is 18.4 Å². The molecule has 0 bridgehead atoms. The molecule has 54 heavy (non-hydrogen) atoms. The number of benzene rings is 3. The van der Waals surface area contributed by atoms with Crippen molar-refractivity contribution in [1.82, 2.24) is 10.2 Å². The van der Waals surface area contributed by atoms with Crippen molar-refractivity contribution in [1.29, 1.82) is 0 Å². The summed E-state index contributed by atoms with van der Waals surface area (Å²) in [5, 5.41) is 2.78. The second-order valence-corrected chi connectivity index (χ2v) is 13.8. The summed E-state index contributed by atoms with van der Waals surface area (Å²) in [5.41, 5.74) is 5.99. The normalized spacial score (nSPS) is 15.2. The van der Waals surface area contributed by atoms with Gasteiger partial charge >= 0.3 is 5.97 Å². The number of nitrogens with one attached hydrogen (secondary N) is 1. The molecular weight excluding hydrogens is 688 g/mol. The Morgan fingerprint density at radius 3 is 2.41 bits per heavy atom. The molecule has 1 heterocycles. The van der Waals surface area contributed by atoms with Gasteiger partial charge in [0.05, 0.1) is 40.0 Å². The summed E-state index contributed by atoms with van der Waals surface area (Å²) in [5.74, 6) is 0.410. The van der Waals surface area contributed by atoms with Gasteiger partial charge in [0, 0.05) is 20.2 Å². The van der Waals surface area contributed by atoms with Crippen molar-refractivity contribution in [3.05, 3.63) is 88.0 Å². The molecule has 0 aromatic heterocycles. The quantitative estimate of drug-likeness (QED) is 0.101. The molecule has 0 spiro atoms. The van der Waals surface area contributed by atoms with Gasteiger partial charge in [-0.2, -0.15) is 0 Å². The van der Waals surface area contributed by atoms with Crippen molar-refractivity contribution < 1.29 is 42.8 Å². The maximum atomic E-state index is 14.3. The minimum absolute atomic E-state index is 0.104. The molecule has 2 amide bonds. The van der Waals surface area contributed by atoms with Gasteiger partial charge in [0.15, 0.2) is 18.1 Å². The van der Waals surface area contributed by atoms with Crippen molar-refractivity contribution in [3.63, 3.8) is 0 Å². The van der Waals surface area contributed by atoms with Gasteiger partial charge in [-0.1, -0.05) is 43.3 Å². The van der Waals surface area contributed by atoms with Gasteiger partial charge in [0.25, 0.3) is 5.91 Å². The van der Waals surface area contributed by atoms with Crippen LogP contribution in [-0.2, 0) is 35.0 Å². The smallest absolute Gasteiger partial charge is 0.329 e. The maximum Gasteiger partial charge on any atom is 0.329 e. The SMILES string of the molecule is CC[C@H](C(=O)N1CCCC[C@H]1C(=O)OC(CCc1ccc(C)c(C)c1)c1cccc(OCC(=O)NCCOCCOC)c1)c1cc(C)c(OC)c(OC)c1. The lowest BCUT2D eigenvalue weighted by Crippen LogP contribution is -2.50. The van der Waals surface area contributed by atoms with Crippen molar-refractivity contribution in [2.45, 2.75) is 84.3 Å². The first-order valence-corrected chi connectivity index (χ1v) is 19.0. The Balaban J connectivity index is 1.52. The van der Waals surface area contributed by atoms with E-state index in [4.69, 9.17) is 28.4 Å². The number of piperidine rings is 1. The lowest BCUT2D eigenvalue weighted by atomic mass is 9.91. The zero-order valence-electron chi connectivity index (χ0n) is 33.0. The fraction of sp³-hybridized carbons (Fsp3) is 0.512. The van der Waals surface area contributed by atoms with Gasteiger partial charge in [0.2, 0.25) is 5.91 Å². The standard InChI is InChI=1S/C43H58N2O9/c1-8-36(34-25-31(4)41(51-7)39(27-34)50-6)42(47)45-20-10-9-14-37(45)43(48)54-38(18-17-32-16-15-29(2)30(3)24-32)33-12-11-13-35(26-33)53-28-40(46)44-19-21-52-23-22-49-5/h11-13,15-16,24-27,36-38H,8-10,14,17-23,28H2,1-7H3,(H,44,46)/t36-,37-,38?/m0/s1. The number of nitrogens with zero attached hydrogens (tertiary/aromatic N) is 1. The number of amides is 2. The highest BCUT2D eigenvalue weighted by atomic mass is 16.5. The van der Waals surface area contributed by atoms with E-state index in [2.05, 4.69) is 37.4 Å². The summed E-state index contributed by atoms with van der Waals surface area (Å²) in [6.45, 7) is 10.1. The number of carbonyl (C=O) groups is 3. The third-order valence-electron chi connectivity index (χ3n) is 9.98. The fourth-order valence-electron chi connectivity index (χ4n) is 6.86. The van der Waals surface area contributed by atoms with Crippen LogP contribution in [0.1, 0.15) is 84.4 Å². The van der Waals surface area contributed by atoms with Crippen LogP contribution >= 0.6 is 0 Å². The Morgan fingerprint density at radius 1 is 0.870 bits per heavy atom. The summed E-state index contributed by atoms with van der Waals surface area (Å²) >= 11 is 0. The Morgan fingerprint density at radius 2 is 1.69 bits per heavy atom. The van der Waals surface area contributed by atoms with Crippen LogP contribution in [0, 0.1) is 20.8 Å². The third-order valence-corrected chi connectivity index (χ3v) is 9.98. The van der Waals surface area contributed by atoms with Gasteiger partial charge in [-0.3, -0.25) is 9.59 Å². The first kappa shape index (κ1) is 42.1. The van der Waals surface area contributed by atoms with Crippen LogP contribution in [0.4, 0.5) is 0 Å². The minimum Gasteiger partial charge on any atom is -0.493 e. The zero-order valence-corrected chi connectivity index (χ0v) is 33.0. The number of aryl methyl sites for hydroxylation is 4. The number of carbonyl (C=O) groups excluding carboxylic acids is 3. The second kappa shape index (κ2) is 21.3. The molecule has 1 saturated heterocycles. The molecule has 0 radical (unpaired) electrons. The fourth-order valence-corrected chi connectivity index (χ4v) is 6.86. The van der Waals surface area contributed by atoms with Crippen LogP contribution in [0.15, 0.2) is 54.6 Å². The minimum atomic E-state index is -0.715. The largest absolute Gasteiger partial charge is 0.493 e. The van der Waals surface area contributed by atoms with E-state index in [0.717, 1.165) is 35.1 Å². The highest BCUT2D eigenvalue weighted by Crippen LogP contribution is 2.37. The molecule has 1 N–H and O–H groups in total. The number of ether oxygens (including phenoxy) is 6. The number of hydrogen-bond donors (Lipinski definition) is 1. The number of hydrogen-bond acceptors (Lipinski definition) is 9. The van der Waals surface area contributed by atoms with E-state index >= 15 is 0 Å². The van der Waals surface area contributed by atoms with Gasteiger partial charge < -0.3 is 38.6 Å². The van der Waals surface area contributed by atoms with Crippen LogP contribution in [0.2, 0.25) is 0 Å². The van der Waals surface area contributed by atoms with E-state index < -0.39 is 24.0 Å². The van der Waals surface area contributed by atoms with Crippen molar-refractivity contribution in [2.75, 3.05) is 60.8 Å². The predicted octanol–water partition coefficient (Wildman–Crippen LogP) is 6.58. The number of rotatable bonds is 20. The molecule has 1 aliphatic heterocycles. The Kier molecular flexibility index (Phi) is 16.6. The highest BCUT2D eigenvalue weighted by Gasteiger charge is 2.38. The van der Waals surface area contributed by atoms with Gasteiger partial charge in [-0.25, -0.2) is 4.79 Å². The monoisotopic (exact) mass is 746 g/mol. The van der Waals surface area contributed by atoms with Crippen LogP contribution < -0.4 is 19.5 Å². The molecule has 3 atom stereocenters. The van der Waals surface area contributed by atoms with E-state index in [9.17, 15) is 14.4 Å². The van der Waals surface area contributed by atoms with E-state index in [0.29, 0.717) is 75.8 Å². The van der Waals surface area contributed by atoms with E-state index in [1.165, 1.54) is 11.1 Å². The lowest BCUT2D eigenvalue weighted by Gasteiger charge is -2.37. The van der Waals surface area contributed by atoms with E-state index in [1.54, 1.807) is 32.3 Å². The molecule has 0 aliphatic carbocycles. The first-order chi connectivity index (χ1) is 26.1. The average Bonchev–Trinajstić information content (AvgIpc) is 3.18. The molecule has 11 nitrogen and oxygen atoms in total. The topological polar surface area (TPSA) is 122 Å². The lowest BCUT2D eigenvalue weighted by molar-refractivity contribution is -0.162. The summed E-state index contributed by atoms with van der Waals surface area (Å²) in [7, 11) is 4.78. The Hall–Kier alpha value is -4.61. The molecular formula is C43H58N2O9. The van der Waals surface area contributed by atoms with Crippen LogP contribution in [0.3, 0.4) is 0 Å². The summed E-state index contributed by atoms with van der Waals surface area (Å²) in [6.07, 6.45) is 3.26. The molecule has 1 unspecified atom stereocenters. The van der Waals surface area contributed by atoms with Crippen LogP contribution in [-0.4, -0.2) is 89.6 Å². The molecule has 1 aliphatic rings. The zero-order chi connectivity index (χ0) is 39.0. The molecule has 3 aromatic rings. The summed E-state index contributed by atoms with van der Waals surface area (Å²) in [6, 6.07) is 16.8. The number of methoxy groups -OCH3 is 3. The average molecular weight is 747 g/mol. The number of likely N-dealkylation sites (tertiary alicyclic amines) is 1. The molecule has 1 fully saturated rings. The van der Waals surface area contributed by atoms with Crippen molar-refractivity contribution in [3.8, 4) is 17.2 Å². The Labute approximate surface area is 320 Å². The molecule has 294 valence electrons. The maximum absolute atomic E-state index is 14.3. The molecule has 11 heteroatoms. The third kappa shape index (κ3) is 11.7. The van der Waals surface area contributed by atoms with Gasteiger partial charge in [-0.05, 0) is 111 Å².